The van der Waals surface area contributed by atoms with E-state index in [2.05, 4.69) is 5.32 Å². The Morgan fingerprint density at radius 3 is 2.56 bits per heavy atom. The third-order valence-corrected chi connectivity index (χ3v) is 4.50. The van der Waals surface area contributed by atoms with Crippen LogP contribution in [0.15, 0.2) is 23.1 Å². The number of rotatable bonds is 4. The summed E-state index contributed by atoms with van der Waals surface area (Å²) in [6.07, 6.45) is 0. The predicted octanol–water partition coefficient (Wildman–Crippen LogP) is -0.0563. The van der Waals surface area contributed by atoms with Gasteiger partial charge in [-0.05, 0) is 30.7 Å². The highest BCUT2D eigenvalue weighted by molar-refractivity contribution is 7.89. The van der Waals surface area contributed by atoms with Gasteiger partial charge in [-0.15, -0.1) is 0 Å². The molecule has 0 aromatic heterocycles. The van der Waals surface area contributed by atoms with Crippen LogP contribution in [-0.2, 0) is 14.8 Å². The summed E-state index contributed by atoms with van der Waals surface area (Å²) < 4.78 is 25.4. The number of nitrogen functional groups attached to an aromatic ring is 1. The first kappa shape index (κ1) is 14.5. The van der Waals surface area contributed by atoms with Crippen LogP contribution in [0, 0.1) is 6.92 Å². The van der Waals surface area contributed by atoms with Gasteiger partial charge >= 0.3 is 0 Å². The molecule has 1 rings (SSSR count). The average Bonchev–Trinajstić information content (AvgIpc) is 2.28. The number of anilines is 1. The number of nitrogens with one attached hydrogen (secondary N) is 1. The highest BCUT2D eigenvalue weighted by atomic mass is 32.2. The number of nitrogens with zero attached hydrogens (tertiary/aromatic N) is 1. The number of hydrogen-bond acceptors (Lipinski definition) is 4. The molecule has 0 heterocycles. The maximum Gasteiger partial charge on any atom is 0.243 e. The van der Waals surface area contributed by atoms with Crippen molar-refractivity contribution in [3.63, 3.8) is 0 Å². The van der Waals surface area contributed by atoms with Crippen LogP contribution in [0.4, 0.5) is 5.69 Å². The molecule has 1 aromatic carbocycles. The lowest BCUT2D eigenvalue weighted by atomic mass is 10.2. The van der Waals surface area contributed by atoms with Crippen molar-refractivity contribution in [3.8, 4) is 0 Å². The number of carbonyl (C=O) groups excluding carboxylic acids is 1. The molecule has 0 aliphatic carbocycles. The summed E-state index contributed by atoms with van der Waals surface area (Å²) in [5.41, 5.74) is 6.63. The molecule has 0 unspecified atom stereocenters. The molecule has 6 nitrogen and oxygen atoms in total. The van der Waals surface area contributed by atoms with Gasteiger partial charge < -0.3 is 11.1 Å². The van der Waals surface area contributed by atoms with Crippen molar-refractivity contribution < 1.29 is 13.2 Å². The Balaban J connectivity index is 3.09. The van der Waals surface area contributed by atoms with Gasteiger partial charge in [-0.1, -0.05) is 0 Å². The second-order valence-electron chi connectivity index (χ2n) is 3.96. The van der Waals surface area contributed by atoms with Crippen LogP contribution >= 0.6 is 0 Å². The van der Waals surface area contributed by atoms with E-state index in [1.807, 2.05) is 0 Å². The topological polar surface area (TPSA) is 92.5 Å². The number of amides is 1. The average molecular weight is 271 g/mol. The third-order valence-electron chi connectivity index (χ3n) is 2.53. The van der Waals surface area contributed by atoms with Gasteiger partial charge in [0.25, 0.3) is 0 Å². The van der Waals surface area contributed by atoms with Gasteiger partial charge in [-0.25, -0.2) is 8.42 Å². The molecule has 0 spiro atoms. The summed E-state index contributed by atoms with van der Waals surface area (Å²) in [4.78, 5) is 11.4. The second kappa shape index (κ2) is 5.36. The molecule has 0 aliphatic heterocycles. The van der Waals surface area contributed by atoms with Gasteiger partial charge in [0.05, 0.1) is 11.4 Å². The Morgan fingerprint density at radius 2 is 2.06 bits per heavy atom. The summed E-state index contributed by atoms with van der Waals surface area (Å²) in [7, 11) is -0.858. The Labute approximate surface area is 107 Å². The van der Waals surface area contributed by atoms with Crippen LogP contribution in [0.1, 0.15) is 5.56 Å². The highest BCUT2D eigenvalue weighted by Gasteiger charge is 2.24. The zero-order valence-corrected chi connectivity index (χ0v) is 11.4. The van der Waals surface area contributed by atoms with E-state index < -0.39 is 10.0 Å². The first-order chi connectivity index (χ1) is 8.28. The number of hydrogen-bond donors (Lipinski definition) is 2. The van der Waals surface area contributed by atoms with Crippen LogP contribution in [0.2, 0.25) is 0 Å². The fraction of sp³-hybridized carbons (Fsp3) is 0.364. The highest BCUT2D eigenvalue weighted by Crippen LogP contribution is 2.20. The summed E-state index contributed by atoms with van der Waals surface area (Å²) >= 11 is 0. The molecule has 0 saturated carbocycles. The van der Waals surface area contributed by atoms with E-state index in [0.29, 0.717) is 11.3 Å². The molecule has 1 amide bonds. The minimum absolute atomic E-state index is 0.156. The molecule has 7 heteroatoms. The molecular weight excluding hydrogens is 254 g/mol. The number of nitrogens with two attached hydrogens (primary N) is 1. The summed E-state index contributed by atoms with van der Waals surface area (Å²) in [5, 5.41) is 2.38. The fourth-order valence-corrected chi connectivity index (χ4v) is 2.83. The quantitative estimate of drug-likeness (QED) is 0.751. The van der Waals surface area contributed by atoms with Crippen LogP contribution < -0.4 is 11.1 Å². The van der Waals surface area contributed by atoms with Gasteiger partial charge in [0.2, 0.25) is 15.9 Å². The van der Waals surface area contributed by atoms with Crippen LogP contribution in [0.25, 0.3) is 0 Å². The van der Waals surface area contributed by atoms with Crippen molar-refractivity contribution >= 4 is 21.6 Å². The standard InChI is InChI=1S/C11H17N3O3S/c1-8-6-9(12)4-5-10(8)18(16,17)14(3)7-11(15)13-2/h4-6H,7,12H2,1-3H3,(H,13,15). The molecule has 0 aliphatic rings. The van der Waals surface area contributed by atoms with E-state index in [1.165, 1.54) is 26.2 Å². The zero-order chi connectivity index (χ0) is 13.9. The minimum atomic E-state index is -3.67. The fourth-order valence-electron chi connectivity index (χ4n) is 1.50. The van der Waals surface area contributed by atoms with Crippen LogP contribution in [0.3, 0.4) is 0 Å². The maximum atomic E-state index is 12.2. The number of sulfonamides is 1. The first-order valence-corrected chi connectivity index (χ1v) is 6.76. The Morgan fingerprint density at radius 1 is 1.44 bits per heavy atom. The van der Waals surface area contributed by atoms with Crippen molar-refractivity contribution in [1.82, 2.24) is 9.62 Å². The summed E-state index contributed by atoms with van der Waals surface area (Å²) in [6.45, 7) is 1.44. The van der Waals surface area contributed by atoms with Crippen molar-refractivity contribution in [1.29, 1.82) is 0 Å². The molecular formula is C11H17N3O3S. The van der Waals surface area contributed by atoms with E-state index in [0.717, 1.165) is 4.31 Å². The van der Waals surface area contributed by atoms with Crippen molar-refractivity contribution in [2.24, 2.45) is 0 Å². The molecule has 100 valence electrons. The Kier molecular flexibility index (Phi) is 4.31. The van der Waals surface area contributed by atoms with E-state index in [9.17, 15) is 13.2 Å². The molecule has 0 fully saturated rings. The molecule has 0 atom stereocenters. The van der Waals surface area contributed by atoms with E-state index in [-0.39, 0.29) is 17.3 Å². The second-order valence-corrected chi connectivity index (χ2v) is 5.97. The van der Waals surface area contributed by atoms with Gasteiger partial charge in [0, 0.05) is 19.8 Å². The lowest BCUT2D eigenvalue weighted by molar-refractivity contribution is -0.120. The van der Waals surface area contributed by atoms with E-state index >= 15 is 0 Å². The summed E-state index contributed by atoms with van der Waals surface area (Å²) in [5.74, 6) is -0.367. The zero-order valence-electron chi connectivity index (χ0n) is 10.6. The number of aryl methyl sites for hydroxylation is 1. The molecule has 0 bridgehead atoms. The minimum Gasteiger partial charge on any atom is -0.399 e. The largest absolute Gasteiger partial charge is 0.399 e. The molecule has 0 radical (unpaired) electrons. The lowest BCUT2D eigenvalue weighted by Crippen LogP contribution is -2.37. The normalized spacial score (nSPS) is 11.6. The third kappa shape index (κ3) is 2.99. The lowest BCUT2D eigenvalue weighted by Gasteiger charge is -2.17. The van der Waals surface area contributed by atoms with Crippen LogP contribution in [0.5, 0.6) is 0 Å². The molecule has 18 heavy (non-hydrogen) atoms. The SMILES string of the molecule is CNC(=O)CN(C)S(=O)(=O)c1ccc(N)cc1C. The summed E-state index contributed by atoms with van der Waals surface area (Å²) in [6, 6.07) is 4.55. The molecule has 1 aromatic rings. The van der Waals surface area contributed by atoms with Crippen molar-refractivity contribution in [2.75, 3.05) is 26.4 Å². The van der Waals surface area contributed by atoms with E-state index in [4.69, 9.17) is 5.73 Å². The molecule has 3 N–H and O–H groups in total. The number of carbonyl (C=O) groups is 1. The van der Waals surface area contributed by atoms with Gasteiger partial charge in [-0.3, -0.25) is 4.79 Å². The Hall–Kier alpha value is -1.60. The van der Waals surface area contributed by atoms with Gasteiger partial charge in [-0.2, -0.15) is 4.31 Å². The number of likely N-dealkylation sites (N-methyl/N-ethyl adjacent to an activating group) is 2. The first-order valence-electron chi connectivity index (χ1n) is 5.32. The Bertz CT molecular complexity index is 555. The number of benzene rings is 1. The molecule has 0 saturated heterocycles. The van der Waals surface area contributed by atoms with Crippen molar-refractivity contribution in [2.45, 2.75) is 11.8 Å². The predicted molar refractivity (Wildman–Crippen MR) is 69.5 cm³/mol. The van der Waals surface area contributed by atoms with E-state index in [1.54, 1.807) is 13.0 Å². The maximum absolute atomic E-state index is 12.2. The van der Waals surface area contributed by atoms with Crippen molar-refractivity contribution in [3.05, 3.63) is 23.8 Å². The smallest absolute Gasteiger partial charge is 0.243 e. The van der Waals surface area contributed by atoms with Gasteiger partial charge in [0.1, 0.15) is 0 Å². The van der Waals surface area contributed by atoms with Gasteiger partial charge in [0.15, 0.2) is 0 Å². The monoisotopic (exact) mass is 271 g/mol. The van der Waals surface area contributed by atoms with Crippen LogP contribution in [-0.4, -0.2) is 39.3 Å².